The fourth-order valence-corrected chi connectivity index (χ4v) is 21.0. The summed E-state index contributed by atoms with van der Waals surface area (Å²) in [5, 5.41) is 19.2. The van der Waals surface area contributed by atoms with E-state index >= 15 is 0 Å². The lowest BCUT2D eigenvalue weighted by molar-refractivity contribution is 0.632. The smallest absolute Gasteiger partial charge is 0.0725 e. The lowest BCUT2D eigenvalue weighted by Gasteiger charge is -2.42. The normalized spacial score (nSPS) is 14.8. The molecule has 18 aromatic rings. The van der Waals surface area contributed by atoms with Crippen molar-refractivity contribution in [3.05, 3.63) is 423 Å². The number of hydrogen-bond acceptors (Lipinski definition) is 2. The summed E-state index contributed by atoms with van der Waals surface area (Å²) in [6.07, 6.45) is 0. The second kappa shape index (κ2) is 23.5. The minimum Gasteiger partial charge on any atom is -0.355 e. The number of nitrogens with one attached hydrogen (secondary N) is 1. The van der Waals surface area contributed by atoms with Gasteiger partial charge in [-0.3, -0.25) is 0 Å². The Hall–Kier alpha value is -12.4. The van der Waals surface area contributed by atoms with Crippen molar-refractivity contribution in [2.75, 3.05) is 10.2 Å². The van der Waals surface area contributed by atoms with Crippen molar-refractivity contribution in [2.24, 2.45) is 0 Å². The molecule has 108 heavy (non-hydrogen) atoms. The Balaban J connectivity index is 0.000000117. The van der Waals surface area contributed by atoms with E-state index < -0.39 is 5.41 Å². The van der Waals surface area contributed by atoms with Gasteiger partial charge >= 0.3 is 0 Å². The Morgan fingerprint density at radius 3 is 0.880 bits per heavy atom. The Morgan fingerprint density at radius 1 is 0.222 bits per heavy atom. The fourth-order valence-electron chi connectivity index (χ4n) is 20.7. The molecular weight excluding hydrogens is 1370 g/mol. The van der Waals surface area contributed by atoms with Crippen molar-refractivity contribution in [2.45, 2.75) is 56.8 Å². The summed E-state index contributed by atoms with van der Waals surface area (Å²) in [7, 11) is 0. The van der Waals surface area contributed by atoms with Crippen molar-refractivity contribution >= 4 is 109 Å². The van der Waals surface area contributed by atoms with Crippen LogP contribution >= 0.6 is 15.9 Å². The fraction of sp³-hybridized carbons (Fsp3) is 0.0857. The highest BCUT2D eigenvalue weighted by molar-refractivity contribution is 9.10. The van der Waals surface area contributed by atoms with E-state index in [0.717, 1.165) is 4.47 Å². The molecule has 1 N–H and O–H groups in total. The lowest BCUT2D eigenvalue weighted by Crippen LogP contribution is -2.30. The lowest BCUT2D eigenvalue weighted by atomic mass is 9.70. The van der Waals surface area contributed by atoms with E-state index in [2.05, 4.69) is 406 Å². The Bertz CT molecular complexity index is 6720. The molecule has 0 atom stereocenters. The zero-order valence-corrected chi connectivity index (χ0v) is 61.4. The second-order valence-electron chi connectivity index (χ2n) is 31.0. The molecule has 6 aliphatic rings. The molecule has 512 valence electrons. The van der Waals surface area contributed by atoms with Crippen molar-refractivity contribution < 1.29 is 0 Å². The monoisotopic (exact) mass is 1440 g/mol. The third-order valence-electron chi connectivity index (χ3n) is 25.2. The van der Waals surface area contributed by atoms with Crippen molar-refractivity contribution in [1.82, 2.24) is 0 Å². The van der Waals surface area contributed by atoms with Crippen LogP contribution in [0.3, 0.4) is 0 Å². The summed E-state index contributed by atoms with van der Waals surface area (Å²) in [5.41, 5.74) is 32.4. The third-order valence-corrected chi connectivity index (χ3v) is 25.7. The molecule has 0 aromatic heterocycles. The molecule has 2 heterocycles. The standard InChI is InChI=1S/C52H35N.C37H21Br.C15H15N.CH4/c1-51(2)46-23-11-13-25-49(46)53(50-26-14-12-24-47(50)51)32-27-28-45-41(29-32)42-30-39-35-17-5-3-15-33(35)34-16-4-6-18-36(34)40(39)31-48(42)52(45)43-21-9-7-19-37(43)38-20-8-10-22-44(38)52;38-22-17-18-35-31(19-22)32-20-29-25-11-3-1-9-23(25)24-10-2-4-12-26(24)30(29)21-36(32)37(35)33-15-7-5-13-27(33)28-14-6-8-16-34(28)37;1-15(2)11-7-3-5-9-13(11)16-14-10-6-4-8-12(14)15;/h3-31H,1-2H3;1-21H;3-10,16H,1-2H3;1H4. The van der Waals surface area contributed by atoms with Crippen molar-refractivity contribution in [3.63, 3.8) is 0 Å². The molecule has 2 spiro atoms. The van der Waals surface area contributed by atoms with Gasteiger partial charge in [-0.05, 0) is 249 Å². The van der Waals surface area contributed by atoms with Crippen molar-refractivity contribution in [3.8, 4) is 44.5 Å². The maximum absolute atomic E-state index is 3.80. The van der Waals surface area contributed by atoms with Gasteiger partial charge in [0.25, 0.3) is 0 Å². The Labute approximate surface area is 639 Å². The van der Waals surface area contributed by atoms with Crippen LogP contribution in [0.15, 0.2) is 356 Å². The average molecular weight is 1440 g/mol. The van der Waals surface area contributed by atoms with Crippen LogP contribution in [0.4, 0.5) is 28.4 Å². The van der Waals surface area contributed by atoms with Crippen LogP contribution in [0.25, 0.3) is 109 Å². The van der Waals surface area contributed by atoms with Gasteiger partial charge in [-0.2, -0.15) is 0 Å². The summed E-state index contributed by atoms with van der Waals surface area (Å²) in [6, 6.07) is 131. The van der Waals surface area contributed by atoms with Gasteiger partial charge in [0.2, 0.25) is 0 Å². The first kappa shape index (κ1) is 64.0. The summed E-state index contributed by atoms with van der Waals surface area (Å²) >= 11 is 3.80. The minimum atomic E-state index is -0.434. The molecule has 0 amide bonds. The van der Waals surface area contributed by atoms with Crippen LogP contribution < -0.4 is 10.2 Å². The van der Waals surface area contributed by atoms with E-state index in [0.29, 0.717) is 0 Å². The molecule has 2 aliphatic heterocycles. The number of halogens is 1. The summed E-state index contributed by atoms with van der Waals surface area (Å²) < 4.78 is 1.11. The minimum absolute atomic E-state index is 0. The molecule has 3 heteroatoms. The molecule has 0 saturated carbocycles. The van der Waals surface area contributed by atoms with Crippen LogP contribution in [0.1, 0.15) is 102 Å². The molecule has 0 radical (unpaired) electrons. The SMILES string of the molecule is Brc1ccc2c(c1)-c1cc3c4ccccc4c4ccccc4c3cc1C21c2ccccc2-c2ccccc21.C.CC1(C)c2ccccc2N(c2ccc3c(c2)-c2cc4c5ccccc5c5ccccc5c4cc2C32c3ccccc3-c3ccccc32)c2ccccc21.CC1(C)c2ccccc2Nc2ccccc21. The molecule has 2 nitrogen and oxygen atoms in total. The van der Waals surface area contributed by atoms with Crippen LogP contribution in [-0.4, -0.2) is 0 Å². The van der Waals surface area contributed by atoms with E-state index in [1.54, 1.807) is 0 Å². The predicted octanol–water partition coefficient (Wildman–Crippen LogP) is 28.6. The van der Waals surface area contributed by atoms with E-state index in [1.165, 1.54) is 204 Å². The van der Waals surface area contributed by atoms with Gasteiger partial charge in [-0.1, -0.05) is 330 Å². The number of hydrogen-bond donors (Lipinski definition) is 1. The largest absolute Gasteiger partial charge is 0.355 e. The summed E-state index contributed by atoms with van der Waals surface area (Å²) in [6.45, 7) is 9.29. The average Bonchev–Trinajstić information content (AvgIpc) is 1.50. The van der Waals surface area contributed by atoms with E-state index in [1.807, 2.05) is 0 Å². The maximum atomic E-state index is 3.80. The van der Waals surface area contributed by atoms with Gasteiger partial charge < -0.3 is 10.2 Å². The Kier molecular flexibility index (Phi) is 14.0. The first-order valence-electron chi connectivity index (χ1n) is 37.6. The van der Waals surface area contributed by atoms with E-state index in [4.69, 9.17) is 0 Å². The molecule has 0 saturated heterocycles. The molecule has 4 aliphatic carbocycles. The molecule has 0 bridgehead atoms. The number of fused-ring (bicyclic) bond motifs is 36. The van der Waals surface area contributed by atoms with Gasteiger partial charge in [0.15, 0.2) is 0 Å². The summed E-state index contributed by atoms with van der Waals surface area (Å²) in [4.78, 5) is 2.50. The highest BCUT2D eigenvalue weighted by atomic mass is 79.9. The quantitative estimate of drug-likeness (QED) is 0.165. The first-order chi connectivity index (χ1) is 52.5. The molecule has 18 aromatic carbocycles. The molecule has 24 rings (SSSR count). The van der Waals surface area contributed by atoms with Gasteiger partial charge in [0.1, 0.15) is 0 Å². The summed E-state index contributed by atoms with van der Waals surface area (Å²) in [5.74, 6) is 0. The maximum Gasteiger partial charge on any atom is 0.0725 e. The number of rotatable bonds is 1. The van der Waals surface area contributed by atoms with E-state index in [9.17, 15) is 0 Å². The molecular formula is C105H75BrN2. The highest BCUT2D eigenvalue weighted by Crippen LogP contribution is 2.67. The number of para-hydroxylation sites is 4. The highest BCUT2D eigenvalue weighted by Gasteiger charge is 2.54. The predicted molar refractivity (Wildman–Crippen MR) is 460 cm³/mol. The number of benzene rings is 18. The zero-order chi connectivity index (χ0) is 71.2. The van der Waals surface area contributed by atoms with E-state index in [-0.39, 0.29) is 23.7 Å². The van der Waals surface area contributed by atoms with Crippen LogP contribution in [0.2, 0.25) is 0 Å². The van der Waals surface area contributed by atoms with Crippen LogP contribution in [0, 0.1) is 0 Å². The first-order valence-corrected chi connectivity index (χ1v) is 38.4. The van der Waals surface area contributed by atoms with Crippen LogP contribution in [0.5, 0.6) is 0 Å². The molecule has 0 fully saturated rings. The topological polar surface area (TPSA) is 15.3 Å². The second-order valence-corrected chi connectivity index (χ2v) is 31.9. The molecule has 0 unspecified atom stereocenters. The van der Waals surface area contributed by atoms with Gasteiger partial charge in [0, 0.05) is 32.4 Å². The van der Waals surface area contributed by atoms with Crippen molar-refractivity contribution in [1.29, 1.82) is 0 Å². The van der Waals surface area contributed by atoms with Gasteiger partial charge in [-0.25, -0.2) is 0 Å². The van der Waals surface area contributed by atoms with Gasteiger partial charge in [0.05, 0.1) is 22.2 Å². The van der Waals surface area contributed by atoms with Crippen LogP contribution in [-0.2, 0) is 21.7 Å². The van der Waals surface area contributed by atoms with Gasteiger partial charge in [-0.15, -0.1) is 0 Å². The number of anilines is 5. The Morgan fingerprint density at radius 2 is 0.491 bits per heavy atom. The third kappa shape index (κ3) is 8.59. The number of nitrogens with zero attached hydrogens (tertiary/aromatic N) is 1. The zero-order valence-electron chi connectivity index (χ0n) is 59.8.